The van der Waals surface area contributed by atoms with Crippen molar-refractivity contribution in [2.24, 2.45) is 0 Å². The average Bonchev–Trinajstić information content (AvgIpc) is 2.59. The highest BCUT2D eigenvalue weighted by atomic mass is 32.1. The molecule has 0 unspecified atom stereocenters. The summed E-state index contributed by atoms with van der Waals surface area (Å²) in [5.74, 6) is 0.480. The maximum absolute atomic E-state index is 3.74. The van der Waals surface area contributed by atoms with Crippen LogP contribution in [0.15, 0.2) is 5.38 Å². The Morgan fingerprint density at radius 3 is 3.00 bits per heavy atom. The van der Waals surface area contributed by atoms with Crippen LogP contribution in [0.3, 0.4) is 0 Å². The van der Waals surface area contributed by atoms with Crippen molar-refractivity contribution in [3.63, 3.8) is 0 Å². The Morgan fingerprint density at radius 1 is 1.40 bits per heavy atom. The predicted octanol–water partition coefficient (Wildman–Crippen LogP) is -0.282. The molecule has 0 aromatic carbocycles. The zero-order valence-electron chi connectivity index (χ0n) is 4.72. The van der Waals surface area contributed by atoms with Crippen molar-refractivity contribution in [2.75, 3.05) is 0 Å². The smallest absolute Gasteiger partial charge is 0.177 e. The van der Waals surface area contributed by atoms with E-state index in [9.17, 15) is 0 Å². The van der Waals surface area contributed by atoms with Gasteiger partial charge in [0, 0.05) is 5.38 Å². The number of aromatic nitrogens is 6. The Hall–Kier alpha value is -1.37. The molecule has 1 N–H and O–H groups in total. The molecule has 6 nitrogen and oxygen atoms in total. The molecule has 0 spiro atoms. The summed E-state index contributed by atoms with van der Waals surface area (Å²) in [4.78, 5) is 0. The third-order valence-electron chi connectivity index (χ3n) is 0.934. The molecule has 0 saturated carbocycles. The Bertz CT molecular complexity index is 252. The summed E-state index contributed by atoms with van der Waals surface area (Å²) in [6.07, 6.45) is 0. The molecule has 10 heavy (non-hydrogen) atoms. The van der Waals surface area contributed by atoms with Gasteiger partial charge in [-0.15, -0.1) is 15.3 Å². The molecular formula is C3H2N6S. The number of aromatic amines is 1. The van der Waals surface area contributed by atoms with E-state index >= 15 is 0 Å². The first-order valence-electron chi connectivity index (χ1n) is 2.47. The molecule has 0 radical (unpaired) electrons. The maximum atomic E-state index is 3.74. The highest BCUT2D eigenvalue weighted by molar-refractivity contribution is 7.03. The second-order valence-corrected chi connectivity index (χ2v) is 2.14. The van der Waals surface area contributed by atoms with E-state index in [1.807, 2.05) is 0 Å². The monoisotopic (exact) mass is 154 g/mol. The van der Waals surface area contributed by atoms with Crippen LogP contribution in [0, 0.1) is 0 Å². The number of H-pyrrole nitrogens is 1. The zero-order valence-corrected chi connectivity index (χ0v) is 5.54. The molecule has 0 fully saturated rings. The minimum absolute atomic E-state index is 0.480. The Kier molecular flexibility index (Phi) is 1.14. The number of hydrogen-bond donors (Lipinski definition) is 1. The molecule has 0 amide bonds. The number of nitrogens with one attached hydrogen (secondary N) is 1. The van der Waals surface area contributed by atoms with Crippen molar-refractivity contribution in [1.82, 2.24) is 30.2 Å². The van der Waals surface area contributed by atoms with Gasteiger partial charge in [-0.1, -0.05) is 4.49 Å². The summed E-state index contributed by atoms with van der Waals surface area (Å²) in [6, 6.07) is 0. The SMILES string of the molecule is c1snnc1-c1nn[nH]n1. The summed E-state index contributed by atoms with van der Waals surface area (Å²) in [5, 5.41) is 18.6. The lowest BCUT2D eigenvalue weighted by molar-refractivity contribution is 0.881. The van der Waals surface area contributed by atoms with Gasteiger partial charge in [-0.05, 0) is 16.7 Å². The van der Waals surface area contributed by atoms with Crippen LogP contribution in [0.1, 0.15) is 0 Å². The van der Waals surface area contributed by atoms with E-state index in [4.69, 9.17) is 0 Å². The van der Waals surface area contributed by atoms with Crippen molar-refractivity contribution < 1.29 is 0 Å². The first-order chi connectivity index (χ1) is 4.97. The van der Waals surface area contributed by atoms with Gasteiger partial charge >= 0.3 is 0 Å². The molecule has 2 aromatic heterocycles. The van der Waals surface area contributed by atoms with Crippen LogP contribution < -0.4 is 0 Å². The first-order valence-corrected chi connectivity index (χ1v) is 3.31. The van der Waals surface area contributed by atoms with Crippen LogP contribution in [-0.2, 0) is 0 Å². The molecule has 2 heterocycles. The third kappa shape index (κ3) is 0.760. The van der Waals surface area contributed by atoms with Crippen LogP contribution in [0.4, 0.5) is 0 Å². The lowest BCUT2D eigenvalue weighted by Crippen LogP contribution is -1.79. The lowest BCUT2D eigenvalue weighted by Gasteiger charge is -1.76. The van der Waals surface area contributed by atoms with Gasteiger partial charge in [-0.2, -0.15) is 5.21 Å². The molecule has 0 aliphatic carbocycles. The number of nitrogens with zero attached hydrogens (tertiary/aromatic N) is 5. The van der Waals surface area contributed by atoms with E-state index in [1.54, 1.807) is 5.38 Å². The maximum Gasteiger partial charge on any atom is 0.225 e. The third-order valence-corrected chi connectivity index (χ3v) is 1.44. The van der Waals surface area contributed by atoms with Crippen LogP contribution in [0.5, 0.6) is 0 Å². The molecular weight excluding hydrogens is 152 g/mol. The van der Waals surface area contributed by atoms with Crippen molar-refractivity contribution in [3.05, 3.63) is 5.38 Å². The highest BCUT2D eigenvalue weighted by Crippen LogP contribution is 2.08. The van der Waals surface area contributed by atoms with Gasteiger partial charge in [0.2, 0.25) is 5.82 Å². The second kappa shape index (κ2) is 2.10. The quantitative estimate of drug-likeness (QED) is 0.610. The summed E-state index contributed by atoms with van der Waals surface area (Å²) in [7, 11) is 0. The van der Waals surface area contributed by atoms with E-state index in [0.717, 1.165) is 0 Å². The lowest BCUT2D eigenvalue weighted by atomic mass is 10.5. The van der Waals surface area contributed by atoms with E-state index in [2.05, 4.69) is 30.2 Å². The Balaban J connectivity index is 2.48. The molecule has 2 rings (SSSR count). The van der Waals surface area contributed by atoms with Crippen molar-refractivity contribution in [2.45, 2.75) is 0 Å². The molecule has 0 atom stereocenters. The first kappa shape index (κ1) is 5.42. The van der Waals surface area contributed by atoms with Gasteiger partial charge in [-0.25, -0.2) is 0 Å². The van der Waals surface area contributed by atoms with Crippen LogP contribution in [0.2, 0.25) is 0 Å². The van der Waals surface area contributed by atoms with Crippen molar-refractivity contribution in [3.8, 4) is 11.5 Å². The van der Waals surface area contributed by atoms with Crippen LogP contribution in [-0.4, -0.2) is 30.2 Å². The van der Waals surface area contributed by atoms with E-state index in [1.165, 1.54) is 11.5 Å². The van der Waals surface area contributed by atoms with Crippen LogP contribution in [0.25, 0.3) is 11.5 Å². The van der Waals surface area contributed by atoms with Gasteiger partial charge in [0.05, 0.1) is 0 Å². The summed E-state index contributed by atoms with van der Waals surface area (Å²) in [6.45, 7) is 0. The molecule has 0 aliphatic heterocycles. The zero-order chi connectivity index (χ0) is 6.81. The fourth-order valence-electron chi connectivity index (χ4n) is 0.532. The molecule has 0 bridgehead atoms. The van der Waals surface area contributed by atoms with Gasteiger partial charge in [-0.3, -0.25) is 0 Å². The standard InChI is InChI=1S/C3H2N6S/c1-2(4-9-10-1)3-5-7-8-6-3/h1H,(H,5,6,7,8). The van der Waals surface area contributed by atoms with Crippen LogP contribution >= 0.6 is 11.5 Å². The van der Waals surface area contributed by atoms with Crippen molar-refractivity contribution >= 4 is 11.5 Å². The minimum Gasteiger partial charge on any atom is -0.177 e. The molecule has 7 heteroatoms. The Labute approximate surface area is 59.5 Å². The number of hydrogen-bond acceptors (Lipinski definition) is 6. The topological polar surface area (TPSA) is 80.2 Å². The van der Waals surface area contributed by atoms with Gasteiger partial charge in [0.1, 0.15) is 5.69 Å². The van der Waals surface area contributed by atoms with Gasteiger partial charge < -0.3 is 0 Å². The van der Waals surface area contributed by atoms with Gasteiger partial charge in [0.15, 0.2) is 0 Å². The van der Waals surface area contributed by atoms with E-state index in [-0.39, 0.29) is 0 Å². The second-order valence-electron chi connectivity index (χ2n) is 1.53. The van der Waals surface area contributed by atoms with E-state index < -0.39 is 0 Å². The fourth-order valence-corrected chi connectivity index (χ4v) is 0.967. The highest BCUT2D eigenvalue weighted by Gasteiger charge is 2.03. The average molecular weight is 154 g/mol. The fraction of sp³-hybridized carbons (Fsp3) is 0. The normalized spacial score (nSPS) is 10.0. The number of rotatable bonds is 1. The predicted molar refractivity (Wildman–Crippen MR) is 33.1 cm³/mol. The molecule has 50 valence electrons. The minimum atomic E-state index is 0.480. The number of tetrazole rings is 1. The molecule has 2 aromatic rings. The van der Waals surface area contributed by atoms with E-state index in [0.29, 0.717) is 11.5 Å². The van der Waals surface area contributed by atoms with Crippen molar-refractivity contribution in [1.29, 1.82) is 0 Å². The summed E-state index contributed by atoms with van der Waals surface area (Å²) >= 11 is 1.26. The van der Waals surface area contributed by atoms with Gasteiger partial charge in [0.25, 0.3) is 0 Å². The molecule has 0 aliphatic rings. The summed E-state index contributed by atoms with van der Waals surface area (Å²) in [5.41, 5.74) is 0.652. The Morgan fingerprint density at radius 2 is 2.40 bits per heavy atom. The summed E-state index contributed by atoms with van der Waals surface area (Å²) < 4.78 is 3.65. The molecule has 0 saturated heterocycles. The largest absolute Gasteiger partial charge is 0.225 e.